The maximum atomic E-state index is 12.9. The molecule has 1 fully saturated rings. The summed E-state index contributed by atoms with van der Waals surface area (Å²) in [6.07, 6.45) is 0. The Morgan fingerprint density at radius 3 is 2.77 bits per heavy atom. The minimum atomic E-state index is -3.57. The molecule has 0 amide bonds. The molecule has 6 nitrogen and oxygen atoms in total. The van der Waals surface area contributed by atoms with Crippen molar-refractivity contribution in [3.63, 3.8) is 0 Å². The first kappa shape index (κ1) is 15.2. The van der Waals surface area contributed by atoms with Crippen molar-refractivity contribution < 1.29 is 12.8 Å². The molecule has 1 aromatic carbocycles. The molecule has 0 bridgehead atoms. The van der Waals surface area contributed by atoms with E-state index in [4.69, 9.17) is 4.42 Å². The van der Waals surface area contributed by atoms with Crippen molar-refractivity contribution in [2.75, 3.05) is 13.1 Å². The lowest BCUT2D eigenvalue weighted by atomic mass is 10.1. The smallest absolute Gasteiger partial charge is 0.336 e. The van der Waals surface area contributed by atoms with Crippen molar-refractivity contribution in [3.05, 3.63) is 40.8 Å². The standard InChI is InChI=1S/C15H18N2O4S/c1-10-11(2)17(8-7-16-10)22(19,20)13-4-5-14-12(9-13)3-6-15(18)21-14/h3-6,9-11,16H,7-8H2,1-2H3. The van der Waals surface area contributed by atoms with Crippen LogP contribution in [0.25, 0.3) is 11.0 Å². The van der Waals surface area contributed by atoms with Gasteiger partial charge in [0.1, 0.15) is 5.58 Å². The number of rotatable bonds is 2. The van der Waals surface area contributed by atoms with Crippen molar-refractivity contribution in [2.24, 2.45) is 0 Å². The van der Waals surface area contributed by atoms with E-state index >= 15 is 0 Å². The van der Waals surface area contributed by atoms with E-state index in [1.165, 1.54) is 22.5 Å². The van der Waals surface area contributed by atoms with Gasteiger partial charge < -0.3 is 9.73 Å². The van der Waals surface area contributed by atoms with Gasteiger partial charge in [-0.2, -0.15) is 4.31 Å². The van der Waals surface area contributed by atoms with Crippen LogP contribution < -0.4 is 10.9 Å². The first-order valence-corrected chi connectivity index (χ1v) is 8.63. The van der Waals surface area contributed by atoms with E-state index < -0.39 is 15.6 Å². The molecule has 2 aromatic rings. The summed E-state index contributed by atoms with van der Waals surface area (Å²) in [5.41, 5.74) is -0.0687. The van der Waals surface area contributed by atoms with E-state index in [2.05, 4.69) is 5.32 Å². The van der Waals surface area contributed by atoms with E-state index in [0.29, 0.717) is 24.1 Å². The third kappa shape index (κ3) is 2.55. The summed E-state index contributed by atoms with van der Waals surface area (Å²) in [5, 5.41) is 3.86. The Hall–Kier alpha value is -1.70. The summed E-state index contributed by atoms with van der Waals surface area (Å²) in [6.45, 7) is 4.94. The first-order valence-electron chi connectivity index (χ1n) is 7.19. The summed E-state index contributed by atoms with van der Waals surface area (Å²) >= 11 is 0. The van der Waals surface area contributed by atoms with Crippen LogP contribution in [0.5, 0.6) is 0 Å². The van der Waals surface area contributed by atoms with Crippen molar-refractivity contribution in [3.8, 4) is 0 Å². The third-order valence-electron chi connectivity index (χ3n) is 4.17. The number of sulfonamides is 1. The van der Waals surface area contributed by atoms with Crippen molar-refractivity contribution in [2.45, 2.75) is 30.8 Å². The average Bonchev–Trinajstić information content (AvgIpc) is 2.49. The van der Waals surface area contributed by atoms with Gasteiger partial charge in [0.05, 0.1) is 4.90 Å². The van der Waals surface area contributed by atoms with Crippen LogP contribution in [0.15, 0.2) is 44.4 Å². The van der Waals surface area contributed by atoms with Gasteiger partial charge in [0.15, 0.2) is 0 Å². The molecule has 2 heterocycles. The van der Waals surface area contributed by atoms with Crippen LogP contribution in [0.2, 0.25) is 0 Å². The molecule has 3 rings (SSSR count). The van der Waals surface area contributed by atoms with E-state index in [-0.39, 0.29) is 17.0 Å². The molecule has 0 aliphatic carbocycles. The minimum absolute atomic E-state index is 0.0991. The molecule has 22 heavy (non-hydrogen) atoms. The number of benzene rings is 1. The van der Waals surface area contributed by atoms with Gasteiger partial charge in [0.25, 0.3) is 0 Å². The lowest BCUT2D eigenvalue weighted by Crippen LogP contribution is -2.57. The Morgan fingerprint density at radius 1 is 1.23 bits per heavy atom. The summed E-state index contributed by atoms with van der Waals surface area (Å²) in [4.78, 5) is 11.4. The SMILES string of the molecule is CC1NCCN(S(=O)(=O)c2ccc3oc(=O)ccc3c2)C1C. The fourth-order valence-corrected chi connectivity index (χ4v) is 4.45. The molecule has 118 valence electrons. The summed E-state index contributed by atoms with van der Waals surface area (Å²) in [7, 11) is -3.57. The first-order chi connectivity index (χ1) is 10.4. The molecule has 2 atom stereocenters. The number of nitrogens with one attached hydrogen (secondary N) is 1. The summed E-state index contributed by atoms with van der Waals surface area (Å²) < 4.78 is 32.3. The maximum Gasteiger partial charge on any atom is 0.336 e. The quantitative estimate of drug-likeness (QED) is 0.840. The van der Waals surface area contributed by atoms with Crippen LogP contribution in [0, 0.1) is 0 Å². The highest BCUT2D eigenvalue weighted by atomic mass is 32.2. The summed E-state index contributed by atoms with van der Waals surface area (Å²) in [5.74, 6) is 0. The second kappa shape index (κ2) is 5.49. The molecule has 1 aliphatic rings. The Morgan fingerprint density at radius 2 is 2.00 bits per heavy atom. The topological polar surface area (TPSA) is 79.6 Å². The normalized spacial score (nSPS) is 23.7. The molecule has 2 unspecified atom stereocenters. The van der Waals surface area contributed by atoms with Crippen LogP contribution >= 0.6 is 0 Å². The molecule has 1 aromatic heterocycles. The van der Waals surface area contributed by atoms with Crippen LogP contribution in [0.3, 0.4) is 0 Å². The van der Waals surface area contributed by atoms with Crippen LogP contribution in [0.4, 0.5) is 0 Å². The number of fused-ring (bicyclic) bond motifs is 1. The van der Waals surface area contributed by atoms with Crippen molar-refractivity contribution in [1.29, 1.82) is 0 Å². The Kier molecular flexibility index (Phi) is 3.80. The fourth-order valence-electron chi connectivity index (χ4n) is 2.71. The van der Waals surface area contributed by atoms with Gasteiger partial charge in [0, 0.05) is 36.6 Å². The lowest BCUT2D eigenvalue weighted by molar-refractivity contribution is 0.233. The molecule has 1 aliphatic heterocycles. The highest BCUT2D eigenvalue weighted by Crippen LogP contribution is 2.24. The van der Waals surface area contributed by atoms with Crippen molar-refractivity contribution in [1.82, 2.24) is 9.62 Å². The van der Waals surface area contributed by atoms with Gasteiger partial charge in [-0.25, -0.2) is 13.2 Å². The van der Waals surface area contributed by atoms with Gasteiger partial charge in [0.2, 0.25) is 10.0 Å². The lowest BCUT2D eigenvalue weighted by Gasteiger charge is -2.37. The van der Waals surface area contributed by atoms with Gasteiger partial charge in [-0.15, -0.1) is 0 Å². The van der Waals surface area contributed by atoms with Crippen LogP contribution in [-0.4, -0.2) is 37.9 Å². The minimum Gasteiger partial charge on any atom is -0.423 e. The molecule has 0 radical (unpaired) electrons. The van der Waals surface area contributed by atoms with E-state index in [1.54, 1.807) is 12.1 Å². The maximum absolute atomic E-state index is 12.9. The molecular formula is C15H18N2O4S. The summed E-state index contributed by atoms with van der Waals surface area (Å²) in [6, 6.07) is 7.40. The number of nitrogens with zero attached hydrogens (tertiary/aromatic N) is 1. The van der Waals surface area contributed by atoms with E-state index in [0.717, 1.165) is 0 Å². The van der Waals surface area contributed by atoms with Gasteiger partial charge >= 0.3 is 5.63 Å². The van der Waals surface area contributed by atoms with Crippen LogP contribution in [0.1, 0.15) is 13.8 Å². The number of hydrogen-bond donors (Lipinski definition) is 1. The largest absolute Gasteiger partial charge is 0.423 e. The molecular weight excluding hydrogens is 304 g/mol. The van der Waals surface area contributed by atoms with Gasteiger partial charge in [-0.1, -0.05) is 0 Å². The highest BCUT2D eigenvalue weighted by molar-refractivity contribution is 7.89. The molecule has 1 N–H and O–H groups in total. The second-order valence-electron chi connectivity index (χ2n) is 5.55. The molecule has 0 spiro atoms. The van der Waals surface area contributed by atoms with Gasteiger partial charge in [-0.3, -0.25) is 0 Å². The Bertz CT molecular complexity index is 859. The van der Waals surface area contributed by atoms with E-state index in [1.807, 2.05) is 13.8 Å². The zero-order chi connectivity index (χ0) is 15.9. The molecule has 1 saturated heterocycles. The second-order valence-corrected chi connectivity index (χ2v) is 7.44. The zero-order valence-electron chi connectivity index (χ0n) is 12.4. The average molecular weight is 322 g/mol. The van der Waals surface area contributed by atoms with E-state index in [9.17, 15) is 13.2 Å². The van der Waals surface area contributed by atoms with Gasteiger partial charge in [-0.05, 0) is 38.1 Å². The fraction of sp³-hybridized carbons (Fsp3) is 0.400. The van der Waals surface area contributed by atoms with Crippen molar-refractivity contribution >= 4 is 21.0 Å². The van der Waals surface area contributed by atoms with Crippen LogP contribution in [-0.2, 0) is 10.0 Å². The molecule has 7 heteroatoms. The Balaban J connectivity index is 2.05. The zero-order valence-corrected chi connectivity index (χ0v) is 13.3. The number of piperazine rings is 1. The predicted molar refractivity (Wildman–Crippen MR) is 83.3 cm³/mol. The predicted octanol–water partition coefficient (Wildman–Crippen LogP) is 1.16. The monoisotopic (exact) mass is 322 g/mol. The molecule has 0 saturated carbocycles. The highest BCUT2D eigenvalue weighted by Gasteiger charge is 2.34. The Labute approximate surface area is 128 Å². The number of hydrogen-bond acceptors (Lipinski definition) is 5. The third-order valence-corrected chi connectivity index (χ3v) is 6.16.